The van der Waals surface area contributed by atoms with Crippen molar-refractivity contribution >= 4 is 33.4 Å². The minimum atomic E-state index is -0.890. The van der Waals surface area contributed by atoms with Gasteiger partial charge in [-0.05, 0) is 65.9 Å². The SMILES string of the molecule is COc1cc(C2C(=C(O)c3ccc4c(c3)OCCO4)C(=O)C(=O)N2CCN(C)C)cc(Br)c1O. The number of methoxy groups -OCH3 is 1. The number of ether oxygens (including phenoxy) is 3. The highest BCUT2D eigenvalue weighted by molar-refractivity contribution is 9.10. The van der Waals surface area contributed by atoms with Gasteiger partial charge in [0.05, 0.1) is 23.2 Å². The Hall–Kier alpha value is -3.24. The molecule has 2 N–H and O–H groups in total. The fraction of sp³-hybridized carbons (Fsp3) is 0.333. The van der Waals surface area contributed by atoms with Crippen molar-refractivity contribution in [2.45, 2.75) is 6.04 Å². The maximum atomic E-state index is 13.2. The number of fused-ring (bicyclic) bond motifs is 1. The Labute approximate surface area is 205 Å². The van der Waals surface area contributed by atoms with Crippen molar-refractivity contribution in [3.8, 4) is 23.0 Å². The third-order valence-electron chi connectivity index (χ3n) is 5.73. The van der Waals surface area contributed by atoms with Gasteiger partial charge in [-0.15, -0.1) is 0 Å². The number of likely N-dealkylation sites (N-methyl/N-ethyl adjacent to an activating group) is 1. The molecule has 0 saturated carbocycles. The molecular weight excluding hydrogens is 508 g/mol. The summed E-state index contributed by atoms with van der Waals surface area (Å²) in [6.07, 6.45) is 0. The molecule has 2 aromatic rings. The summed E-state index contributed by atoms with van der Waals surface area (Å²) < 4.78 is 16.7. The molecule has 1 amide bonds. The minimum absolute atomic E-state index is 0.0555. The van der Waals surface area contributed by atoms with E-state index in [1.54, 1.807) is 30.3 Å². The molecule has 2 heterocycles. The third kappa shape index (κ3) is 4.30. The number of likely N-dealkylation sites (tertiary alicyclic amines) is 1. The number of phenolic OH excluding ortho intramolecular Hbond substituents is 1. The molecule has 2 aromatic carbocycles. The molecule has 2 aliphatic rings. The van der Waals surface area contributed by atoms with Crippen molar-refractivity contribution in [1.29, 1.82) is 0 Å². The van der Waals surface area contributed by atoms with Crippen molar-refractivity contribution in [2.75, 3.05) is 47.5 Å². The lowest BCUT2D eigenvalue weighted by molar-refractivity contribution is -0.140. The van der Waals surface area contributed by atoms with Crippen LogP contribution in [0.4, 0.5) is 0 Å². The van der Waals surface area contributed by atoms with Gasteiger partial charge in [-0.2, -0.15) is 0 Å². The first-order chi connectivity index (χ1) is 16.2. The molecular formula is C24H25BrN2O7. The van der Waals surface area contributed by atoms with Crippen LogP contribution in [-0.4, -0.2) is 79.2 Å². The van der Waals surface area contributed by atoms with Crippen LogP contribution >= 0.6 is 15.9 Å². The highest BCUT2D eigenvalue weighted by atomic mass is 79.9. The predicted octanol–water partition coefficient (Wildman–Crippen LogP) is 2.92. The molecule has 0 radical (unpaired) electrons. The molecule has 0 bridgehead atoms. The number of carbonyl (C=O) groups is 2. The van der Waals surface area contributed by atoms with Gasteiger partial charge in [0, 0.05) is 18.7 Å². The fourth-order valence-electron chi connectivity index (χ4n) is 4.02. The summed E-state index contributed by atoms with van der Waals surface area (Å²) in [6.45, 7) is 1.55. The number of phenols is 1. The third-order valence-corrected chi connectivity index (χ3v) is 6.33. The van der Waals surface area contributed by atoms with E-state index in [1.807, 2.05) is 19.0 Å². The number of rotatable bonds is 6. The van der Waals surface area contributed by atoms with Crippen molar-refractivity contribution in [3.63, 3.8) is 0 Å². The first-order valence-electron chi connectivity index (χ1n) is 10.6. The van der Waals surface area contributed by atoms with Gasteiger partial charge >= 0.3 is 0 Å². The van der Waals surface area contributed by atoms with Crippen molar-refractivity contribution in [2.24, 2.45) is 0 Å². The van der Waals surface area contributed by atoms with Gasteiger partial charge in [0.2, 0.25) is 0 Å². The quantitative estimate of drug-likeness (QED) is 0.332. The highest BCUT2D eigenvalue weighted by Gasteiger charge is 2.46. The molecule has 0 spiro atoms. The van der Waals surface area contributed by atoms with E-state index in [0.29, 0.717) is 46.9 Å². The molecule has 1 atom stereocenters. The number of hydrogen-bond donors (Lipinski definition) is 2. The van der Waals surface area contributed by atoms with E-state index in [2.05, 4.69) is 15.9 Å². The van der Waals surface area contributed by atoms with Crippen LogP contribution < -0.4 is 14.2 Å². The Bertz CT molecular complexity index is 1180. The zero-order chi connectivity index (χ0) is 24.6. The maximum absolute atomic E-state index is 13.2. The summed E-state index contributed by atoms with van der Waals surface area (Å²) in [5.74, 6) is -0.782. The molecule has 1 saturated heterocycles. The Balaban J connectivity index is 1.88. The second-order valence-electron chi connectivity index (χ2n) is 8.21. The number of amides is 1. The Kier molecular flexibility index (Phi) is 6.72. The number of halogens is 1. The summed E-state index contributed by atoms with van der Waals surface area (Å²) in [5, 5.41) is 21.5. The van der Waals surface area contributed by atoms with Crippen molar-refractivity contribution in [1.82, 2.24) is 9.80 Å². The van der Waals surface area contributed by atoms with Gasteiger partial charge in [-0.3, -0.25) is 9.59 Å². The van der Waals surface area contributed by atoms with Crippen LogP contribution in [0, 0.1) is 0 Å². The van der Waals surface area contributed by atoms with Crippen LogP contribution in [0.25, 0.3) is 5.76 Å². The van der Waals surface area contributed by atoms with Crippen LogP contribution in [0.15, 0.2) is 40.4 Å². The van der Waals surface area contributed by atoms with Gasteiger partial charge in [-0.25, -0.2) is 0 Å². The van der Waals surface area contributed by atoms with E-state index in [0.717, 1.165) is 0 Å². The average Bonchev–Trinajstić information content (AvgIpc) is 3.08. The number of Topliss-reactive ketones (excluding diaryl/α,β-unsaturated/α-hetero) is 1. The summed E-state index contributed by atoms with van der Waals surface area (Å²) in [5.41, 5.74) is 0.767. The number of aliphatic hydroxyl groups is 1. The van der Waals surface area contributed by atoms with E-state index in [1.165, 1.54) is 12.0 Å². The van der Waals surface area contributed by atoms with E-state index < -0.39 is 17.7 Å². The largest absolute Gasteiger partial charge is 0.507 e. The molecule has 4 rings (SSSR count). The number of hydrogen-bond acceptors (Lipinski definition) is 8. The highest BCUT2D eigenvalue weighted by Crippen LogP contribution is 2.45. The average molecular weight is 533 g/mol. The number of benzene rings is 2. The summed E-state index contributed by atoms with van der Waals surface area (Å²) >= 11 is 3.30. The number of aliphatic hydroxyl groups excluding tert-OH is 1. The summed E-state index contributed by atoms with van der Waals surface area (Å²) in [4.78, 5) is 29.6. The molecule has 10 heteroatoms. The molecule has 34 heavy (non-hydrogen) atoms. The van der Waals surface area contributed by atoms with E-state index in [4.69, 9.17) is 14.2 Å². The monoisotopic (exact) mass is 532 g/mol. The Morgan fingerprint density at radius 2 is 1.88 bits per heavy atom. The van der Waals surface area contributed by atoms with Crippen molar-refractivity contribution < 1.29 is 34.0 Å². The van der Waals surface area contributed by atoms with E-state index in [-0.39, 0.29) is 29.4 Å². The zero-order valence-electron chi connectivity index (χ0n) is 19.0. The van der Waals surface area contributed by atoms with Crippen LogP contribution in [0.1, 0.15) is 17.2 Å². The predicted molar refractivity (Wildman–Crippen MR) is 127 cm³/mol. The van der Waals surface area contributed by atoms with Crippen LogP contribution in [0.3, 0.4) is 0 Å². The second kappa shape index (κ2) is 9.55. The molecule has 0 aliphatic carbocycles. The molecule has 9 nitrogen and oxygen atoms in total. The lowest BCUT2D eigenvalue weighted by Crippen LogP contribution is -2.35. The molecule has 2 aliphatic heterocycles. The standard InChI is InChI=1S/C24H25BrN2O7/c1-26(2)6-7-27-20(14-10-15(25)22(29)18(12-14)32-3)19(23(30)24(27)31)21(28)13-4-5-16-17(11-13)34-9-8-33-16/h4-5,10-12,20,28-29H,6-9H2,1-3H3. The van der Waals surface area contributed by atoms with Gasteiger partial charge in [0.1, 0.15) is 19.0 Å². The number of nitrogens with zero attached hydrogens (tertiary/aromatic N) is 2. The van der Waals surface area contributed by atoms with Crippen molar-refractivity contribution in [3.05, 3.63) is 51.5 Å². The van der Waals surface area contributed by atoms with Gasteiger partial charge in [-0.1, -0.05) is 0 Å². The first-order valence-corrected chi connectivity index (χ1v) is 11.4. The van der Waals surface area contributed by atoms with Crippen LogP contribution in [0.5, 0.6) is 23.0 Å². The number of ketones is 1. The number of carbonyl (C=O) groups excluding carboxylic acids is 2. The smallest absolute Gasteiger partial charge is 0.295 e. The second-order valence-corrected chi connectivity index (χ2v) is 9.06. The van der Waals surface area contributed by atoms with Gasteiger partial charge in [0.25, 0.3) is 11.7 Å². The number of aromatic hydroxyl groups is 1. The molecule has 1 unspecified atom stereocenters. The topological polar surface area (TPSA) is 109 Å². The minimum Gasteiger partial charge on any atom is -0.507 e. The normalized spacial score (nSPS) is 19.1. The maximum Gasteiger partial charge on any atom is 0.295 e. The van der Waals surface area contributed by atoms with E-state index in [9.17, 15) is 19.8 Å². The fourth-order valence-corrected chi connectivity index (χ4v) is 4.48. The van der Waals surface area contributed by atoms with Crippen LogP contribution in [0.2, 0.25) is 0 Å². The van der Waals surface area contributed by atoms with Crippen LogP contribution in [-0.2, 0) is 9.59 Å². The Morgan fingerprint density at radius 3 is 2.56 bits per heavy atom. The van der Waals surface area contributed by atoms with Gasteiger partial charge in [0.15, 0.2) is 23.0 Å². The molecule has 180 valence electrons. The first kappa shape index (κ1) is 23.9. The lowest BCUT2D eigenvalue weighted by atomic mass is 9.94. The lowest BCUT2D eigenvalue weighted by Gasteiger charge is -2.27. The van der Waals surface area contributed by atoms with Gasteiger partial charge < -0.3 is 34.2 Å². The Morgan fingerprint density at radius 1 is 1.18 bits per heavy atom. The zero-order valence-corrected chi connectivity index (χ0v) is 20.6. The summed E-state index contributed by atoms with van der Waals surface area (Å²) in [7, 11) is 5.13. The molecule has 1 fully saturated rings. The molecule has 0 aromatic heterocycles. The van der Waals surface area contributed by atoms with E-state index >= 15 is 0 Å². The summed E-state index contributed by atoms with van der Waals surface area (Å²) in [6, 6.07) is 7.12.